The number of aromatic nitrogens is 2. The van der Waals surface area contributed by atoms with E-state index in [0.29, 0.717) is 35.7 Å². The molecule has 0 aliphatic carbocycles. The summed E-state index contributed by atoms with van der Waals surface area (Å²) < 4.78 is 0. The van der Waals surface area contributed by atoms with Crippen LogP contribution >= 0.6 is 11.8 Å². The molecule has 0 atom stereocenters. The molecule has 104 valence electrons. The summed E-state index contributed by atoms with van der Waals surface area (Å²) in [5.74, 6) is 2.59. The molecular formula is C13H20N4OS. The van der Waals surface area contributed by atoms with E-state index in [1.807, 2.05) is 0 Å². The Hall–Kier alpha value is -1.30. The topological polar surface area (TPSA) is 72.1 Å². The van der Waals surface area contributed by atoms with E-state index in [4.69, 9.17) is 5.73 Å². The highest BCUT2D eigenvalue weighted by molar-refractivity contribution is 7.99. The molecule has 6 heteroatoms. The molecule has 1 amide bonds. The van der Waals surface area contributed by atoms with Crippen molar-refractivity contribution >= 4 is 29.3 Å². The van der Waals surface area contributed by atoms with E-state index in [-0.39, 0.29) is 5.91 Å². The van der Waals surface area contributed by atoms with Crippen molar-refractivity contribution in [3.05, 3.63) is 5.56 Å². The number of carbonyl (C=O) groups excluding carboxylic acids is 1. The van der Waals surface area contributed by atoms with Gasteiger partial charge in [-0.15, -0.1) is 0 Å². The standard InChI is InChI=1S/C13H20N4OS/c1-4-5-19-13-15-11(14)9-6-10(18)17(7-8(2)3)12(9)16-13/h8H,4-7H2,1-3H3,(H2,14,15,16). The number of hydrogen-bond donors (Lipinski definition) is 1. The van der Waals surface area contributed by atoms with Gasteiger partial charge in [0.2, 0.25) is 5.91 Å². The van der Waals surface area contributed by atoms with Gasteiger partial charge in [0.15, 0.2) is 5.16 Å². The third-order valence-electron chi connectivity index (χ3n) is 2.86. The first-order valence-electron chi connectivity index (χ1n) is 6.62. The number of thioether (sulfide) groups is 1. The minimum atomic E-state index is 0.0716. The fraction of sp³-hybridized carbons (Fsp3) is 0.615. The maximum Gasteiger partial charge on any atom is 0.232 e. The zero-order valence-corrected chi connectivity index (χ0v) is 12.5. The van der Waals surface area contributed by atoms with Gasteiger partial charge in [0.1, 0.15) is 11.6 Å². The molecule has 0 saturated heterocycles. The predicted molar refractivity (Wildman–Crippen MR) is 78.4 cm³/mol. The Morgan fingerprint density at radius 3 is 2.79 bits per heavy atom. The lowest BCUT2D eigenvalue weighted by molar-refractivity contribution is -0.117. The van der Waals surface area contributed by atoms with Gasteiger partial charge >= 0.3 is 0 Å². The minimum absolute atomic E-state index is 0.0716. The molecule has 0 radical (unpaired) electrons. The van der Waals surface area contributed by atoms with E-state index in [0.717, 1.165) is 17.7 Å². The molecule has 1 aliphatic heterocycles. The molecule has 2 heterocycles. The molecule has 0 saturated carbocycles. The smallest absolute Gasteiger partial charge is 0.232 e. The van der Waals surface area contributed by atoms with Crippen LogP contribution in [-0.2, 0) is 11.2 Å². The van der Waals surface area contributed by atoms with Gasteiger partial charge in [-0.3, -0.25) is 9.69 Å². The molecule has 0 unspecified atom stereocenters. The number of anilines is 2. The maximum atomic E-state index is 12.0. The van der Waals surface area contributed by atoms with Crippen molar-refractivity contribution in [1.29, 1.82) is 0 Å². The Kier molecular flexibility index (Phi) is 4.29. The van der Waals surface area contributed by atoms with Crippen LogP contribution in [0.1, 0.15) is 32.8 Å². The Labute approximate surface area is 118 Å². The molecule has 0 fully saturated rings. The summed E-state index contributed by atoms with van der Waals surface area (Å²) in [6.45, 7) is 6.96. The predicted octanol–water partition coefficient (Wildman–Crippen LogP) is 2.11. The van der Waals surface area contributed by atoms with Gasteiger partial charge in [-0.1, -0.05) is 32.5 Å². The lowest BCUT2D eigenvalue weighted by Crippen LogP contribution is -2.31. The summed E-state index contributed by atoms with van der Waals surface area (Å²) in [4.78, 5) is 22.6. The molecule has 1 aromatic rings. The highest BCUT2D eigenvalue weighted by Gasteiger charge is 2.32. The lowest BCUT2D eigenvalue weighted by atomic mass is 10.2. The fourth-order valence-corrected chi connectivity index (χ4v) is 2.74. The number of nitrogens with zero attached hydrogens (tertiary/aromatic N) is 3. The Morgan fingerprint density at radius 2 is 2.16 bits per heavy atom. The Morgan fingerprint density at radius 1 is 1.42 bits per heavy atom. The van der Waals surface area contributed by atoms with E-state index >= 15 is 0 Å². The van der Waals surface area contributed by atoms with Crippen LogP contribution in [0.4, 0.5) is 11.6 Å². The minimum Gasteiger partial charge on any atom is -0.383 e. The number of carbonyl (C=O) groups is 1. The van der Waals surface area contributed by atoms with Crippen LogP contribution in [-0.4, -0.2) is 28.2 Å². The van der Waals surface area contributed by atoms with E-state index < -0.39 is 0 Å². The summed E-state index contributed by atoms with van der Waals surface area (Å²) in [5, 5.41) is 0.668. The Balaban J connectivity index is 2.32. The first-order chi connectivity index (χ1) is 9.02. The van der Waals surface area contributed by atoms with Gasteiger partial charge in [-0.05, 0) is 12.3 Å². The second-order valence-electron chi connectivity index (χ2n) is 5.12. The molecule has 1 aromatic heterocycles. The second kappa shape index (κ2) is 5.77. The van der Waals surface area contributed by atoms with Crippen LogP contribution < -0.4 is 10.6 Å². The second-order valence-corrected chi connectivity index (χ2v) is 6.18. The van der Waals surface area contributed by atoms with Crippen molar-refractivity contribution < 1.29 is 4.79 Å². The first-order valence-corrected chi connectivity index (χ1v) is 7.61. The Bertz CT molecular complexity index is 490. The van der Waals surface area contributed by atoms with Gasteiger partial charge in [-0.25, -0.2) is 9.97 Å². The molecule has 19 heavy (non-hydrogen) atoms. The third kappa shape index (κ3) is 3.00. The average Bonchev–Trinajstić information content (AvgIpc) is 2.64. The zero-order chi connectivity index (χ0) is 14.0. The van der Waals surface area contributed by atoms with Crippen LogP contribution in [0.15, 0.2) is 5.16 Å². The van der Waals surface area contributed by atoms with Crippen molar-refractivity contribution in [3.63, 3.8) is 0 Å². The monoisotopic (exact) mass is 280 g/mol. The fourth-order valence-electron chi connectivity index (χ4n) is 2.04. The molecular weight excluding hydrogens is 260 g/mol. The third-order valence-corrected chi connectivity index (χ3v) is 3.92. The van der Waals surface area contributed by atoms with Gasteiger partial charge in [-0.2, -0.15) is 0 Å². The number of fused-ring (bicyclic) bond motifs is 1. The number of hydrogen-bond acceptors (Lipinski definition) is 5. The summed E-state index contributed by atoms with van der Waals surface area (Å²) in [6.07, 6.45) is 1.38. The number of rotatable bonds is 5. The highest BCUT2D eigenvalue weighted by atomic mass is 32.2. The molecule has 0 aromatic carbocycles. The molecule has 2 N–H and O–H groups in total. The summed E-state index contributed by atoms with van der Waals surface area (Å²) in [5.41, 5.74) is 6.74. The maximum absolute atomic E-state index is 12.0. The summed E-state index contributed by atoms with van der Waals surface area (Å²) >= 11 is 1.58. The number of nitrogen functional groups attached to an aromatic ring is 1. The van der Waals surface area contributed by atoms with Crippen LogP contribution in [0.25, 0.3) is 0 Å². The quantitative estimate of drug-likeness (QED) is 0.660. The average molecular weight is 280 g/mol. The van der Waals surface area contributed by atoms with Crippen molar-refractivity contribution in [1.82, 2.24) is 9.97 Å². The van der Waals surface area contributed by atoms with Crippen LogP contribution in [0.5, 0.6) is 0 Å². The van der Waals surface area contributed by atoms with Crippen molar-refractivity contribution in [2.24, 2.45) is 5.92 Å². The summed E-state index contributed by atoms with van der Waals surface area (Å²) in [7, 11) is 0. The van der Waals surface area contributed by atoms with Gasteiger partial charge in [0, 0.05) is 17.9 Å². The highest BCUT2D eigenvalue weighted by Crippen LogP contribution is 2.32. The van der Waals surface area contributed by atoms with Crippen LogP contribution in [0.3, 0.4) is 0 Å². The van der Waals surface area contributed by atoms with Gasteiger partial charge in [0.25, 0.3) is 0 Å². The van der Waals surface area contributed by atoms with Crippen molar-refractivity contribution in [2.75, 3.05) is 22.9 Å². The summed E-state index contributed by atoms with van der Waals surface area (Å²) in [6, 6.07) is 0. The van der Waals surface area contributed by atoms with E-state index in [2.05, 4.69) is 30.7 Å². The molecule has 5 nitrogen and oxygen atoms in total. The lowest BCUT2D eigenvalue weighted by Gasteiger charge is -2.19. The molecule has 2 rings (SSSR count). The van der Waals surface area contributed by atoms with E-state index in [9.17, 15) is 4.79 Å². The SMILES string of the molecule is CCCSc1nc(N)c2c(n1)N(CC(C)C)C(=O)C2. The van der Waals surface area contributed by atoms with E-state index in [1.165, 1.54) is 0 Å². The molecule has 0 bridgehead atoms. The van der Waals surface area contributed by atoms with Crippen LogP contribution in [0, 0.1) is 5.92 Å². The van der Waals surface area contributed by atoms with Crippen molar-refractivity contribution in [3.8, 4) is 0 Å². The molecule has 0 spiro atoms. The number of nitrogens with two attached hydrogens (primary N) is 1. The zero-order valence-electron chi connectivity index (χ0n) is 11.6. The number of amides is 1. The molecule has 1 aliphatic rings. The van der Waals surface area contributed by atoms with E-state index in [1.54, 1.807) is 16.7 Å². The van der Waals surface area contributed by atoms with Gasteiger partial charge < -0.3 is 5.73 Å². The first kappa shape index (κ1) is 14.1. The van der Waals surface area contributed by atoms with Crippen molar-refractivity contribution in [2.45, 2.75) is 38.8 Å². The van der Waals surface area contributed by atoms with Crippen LogP contribution in [0.2, 0.25) is 0 Å². The van der Waals surface area contributed by atoms with Gasteiger partial charge in [0.05, 0.1) is 6.42 Å². The largest absolute Gasteiger partial charge is 0.383 e. The normalized spacial score (nSPS) is 14.3.